The van der Waals surface area contributed by atoms with Crippen LogP contribution in [-0.4, -0.2) is 22.1 Å². The van der Waals surface area contributed by atoms with Crippen LogP contribution in [-0.2, 0) is 0 Å². The fraction of sp³-hybridized carbons (Fsp3) is 0.353. The summed E-state index contributed by atoms with van der Waals surface area (Å²) < 4.78 is 12.9. The van der Waals surface area contributed by atoms with Gasteiger partial charge < -0.3 is 10.6 Å². The number of carbonyl (C=O) groups is 1. The van der Waals surface area contributed by atoms with Gasteiger partial charge in [0.05, 0.1) is 0 Å². The van der Waals surface area contributed by atoms with Gasteiger partial charge in [0.15, 0.2) is 5.82 Å². The van der Waals surface area contributed by atoms with E-state index < -0.39 is 0 Å². The minimum absolute atomic E-state index is 0.340. The van der Waals surface area contributed by atoms with Crippen molar-refractivity contribution in [2.45, 2.75) is 38.1 Å². The number of hydrogen-bond acceptors (Lipinski definition) is 4. The Morgan fingerprint density at radius 3 is 2.26 bits per heavy atom. The van der Waals surface area contributed by atoms with Crippen LogP contribution >= 0.6 is 0 Å². The first-order valence-electron chi connectivity index (χ1n) is 7.88. The Hall–Kier alpha value is -2.50. The van der Waals surface area contributed by atoms with Crippen LogP contribution in [0.3, 0.4) is 0 Å². The van der Waals surface area contributed by atoms with E-state index in [0.717, 1.165) is 18.7 Å². The van der Waals surface area contributed by atoms with E-state index in [1.807, 2.05) is 6.07 Å². The number of benzene rings is 1. The minimum atomic E-state index is -0.375. The molecule has 1 aliphatic carbocycles. The van der Waals surface area contributed by atoms with E-state index in [2.05, 4.69) is 20.8 Å². The zero-order valence-electron chi connectivity index (χ0n) is 12.8. The summed E-state index contributed by atoms with van der Waals surface area (Å²) >= 11 is 0. The third-order valence-corrected chi connectivity index (χ3v) is 3.97. The lowest BCUT2D eigenvalue weighted by Crippen LogP contribution is -2.23. The minimum Gasteiger partial charge on any atom is -0.366 e. The number of rotatable bonds is 4. The van der Waals surface area contributed by atoms with Crippen molar-refractivity contribution in [1.29, 1.82) is 0 Å². The van der Waals surface area contributed by atoms with Gasteiger partial charge in [-0.25, -0.2) is 4.39 Å². The molecule has 1 fully saturated rings. The number of amides is 1. The van der Waals surface area contributed by atoms with Crippen molar-refractivity contribution in [2.24, 2.45) is 0 Å². The maximum Gasteiger partial charge on any atom is 0.256 e. The van der Waals surface area contributed by atoms with Gasteiger partial charge in [-0.15, -0.1) is 10.2 Å². The number of halogens is 1. The molecule has 1 aromatic heterocycles. The van der Waals surface area contributed by atoms with Crippen molar-refractivity contribution >= 4 is 17.5 Å². The summed E-state index contributed by atoms with van der Waals surface area (Å²) in [6.45, 7) is 0. The zero-order valence-corrected chi connectivity index (χ0v) is 12.8. The first-order valence-corrected chi connectivity index (χ1v) is 7.88. The molecule has 1 aliphatic rings. The van der Waals surface area contributed by atoms with E-state index >= 15 is 0 Å². The molecule has 0 atom stereocenters. The Balaban J connectivity index is 1.58. The van der Waals surface area contributed by atoms with Crippen LogP contribution in [0.4, 0.5) is 16.0 Å². The van der Waals surface area contributed by atoms with Gasteiger partial charge in [0.1, 0.15) is 11.6 Å². The Labute approximate surface area is 134 Å². The van der Waals surface area contributed by atoms with Crippen LogP contribution in [0.25, 0.3) is 0 Å². The van der Waals surface area contributed by atoms with Gasteiger partial charge in [-0.1, -0.05) is 19.3 Å². The molecule has 0 radical (unpaired) electrons. The molecule has 0 spiro atoms. The first kappa shape index (κ1) is 15.4. The van der Waals surface area contributed by atoms with Crippen LogP contribution in [0.2, 0.25) is 0 Å². The van der Waals surface area contributed by atoms with E-state index in [9.17, 15) is 9.18 Å². The topological polar surface area (TPSA) is 66.9 Å². The number of carbonyl (C=O) groups excluding carboxylic acids is 1. The maximum atomic E-state index is 12.9. The van der Waals surface area contributed by atoms with Gasteiger partial charge in [-0.2, -0.15) is 0 Å². The Morgan fingerprint density at radius 1 is 0.957 bits per heavy atom. The van der Waals surface area contributed by atoms with E-state index in [-0.39, 0.29) is 11.7 Å². The normalized spacial score (nSPS) is 15.2. The molecule has 0 bridgehead atoms. The second kappa shape index (κ2) is 7.17. The summed E-state index contributed by atoms with van der Waals surface area (Å²) in [5.74, 6) is 0.372. The van der Waals surface area contributed by atoms with Gasteiger partial charge in [-0.3, -0.25) is 4.79 Å². The lowest BCUT2D eigenvalue weighted by atomic mass is 9.95. The largest absolute Gasteiger partial charge is 0.366 e. The lowest BCUT2D eigenvalue weighted by Gasteiger charge is -2.22. The zero-order chi connectivity index (χ0) is 16.1. The molecule has 2 aromatic rings. The lowest BCUT2D eigenvalue weighted by molar-refractivity contribution is 0.102. The van der Waals surface area contributed by atoms with Crippen molar-refractivity contribution < 1.29 is 9.18 Å². The van der Waals surface area contributed by atoms with Crippen molar-refractivity contribution in [3.05, 3.63) is 47.8 Å². The third-order valence-electron chi connectivity index (χ3n) is 3.97. The number of aromatic nitrogens is 2. The Kier molecular flexibility index (Phi) is 4.80. The maximum absolute atomic E-state index is 12.9. The molecular formula is C17H19FN4O. The number of hydrogen-bond donors (Lipinski definition) is 2. The highest BCUT2D eigenvalue weighted by molar-refractivity contribution is 6.03. The van der Waals surface area contributed by atoms with Gasteiger partial charge in [-0.05, 0) is 49.2 Å². The molecule has 1 saturated carbocycles. The van der Waals surface area contributed by atoms with E-state index in [0.29, 0.717) is 17.4 Å². The molecule has 1 amide bonds. The molecule has 120 valence electrons. The summed E-state index contributed by atoms with van der Waals surface area (Å²) in [6.07, 6.45) is 6.11. The van der Waals surface area contributed by atoms with Crippen molar-refractivity contribution in [3.63, 3.8) is 0 Å². The molecule has 5 nitrogen and oxygen atoms in total. The summed E-state index contributed by atoms with van der Waals surface area (Å²) in [7, 11) is 0. The number of nitrogens with zero attached hydrogens (tertiary/aromatic N) is 2. The van der Waals surface area contributed by atoms with Gasteiger partial charge in [0.2, 0.25) is 0 Å². The number of anilines is 2. The summed E-state index contributed by atoms with van der Waals surface area (Å²) in [5, 5.41) is 14.1. The molecule has 23 heavy (non-hydrogen) atoms. The average molecular weight is 314 g/mol. The van der Waals surface area contributed by atoms with Crippen molar-refractivity contribution in [1.82, 2.24) is 10.2 Å². The predicted octanol–water partition coefficient (Wildman–Crippen LogP) is 3.61. The fourth-order valence-corrected chi connectivity index (χ4v) is 2.72. The first-order chi connectivity index (χ1) is 11.2. The average Bonchev–Trinajstić information content (AvgIpc) is 2.58. The molecule has 0 saturated heterocycles. The second-order valence-corrected chi connectivity index (χ2v) is 5.74. The van der Waals surface area contributed by atoms with Crippen LogP contribution < -0.4 is 10.6 Å². The van der Waals surface area contributed by atoms with Gasteiger partial charge >= 0.3 is 0 Å². The predicted molar refractivity (Wildman–Crippen MR) is 86.9 cm³/mol. The highest BCUT2D eigenvalue weighted by Gasteiger charge is 2.14. The molecule has 1 aromatic carbocycles. The summed E-state index contributed by atoms with van der Waals surface area (Å²) in [4.78, 5) is 12.0. The summed E-state index contributed by atoms with van der Waals surface area (Å²) in [5.41, 5.74) is 0.373. The molecular weight excluding hydrogens is 295 g/mol. The van der Waals surface area contributed by atoms with Crippen LogP contribution in [0.5, 0.6) is 0 Å². The monoisotopic (exact) mass is 314 g/mol. The molecule has 0 aliphatic heterocycles. The van der Waals surface area contributed by atoms with E-state index in [1.165, 1.54) is 43.5 Å². The molecule has 0 unspecified atom stereocenters. The smallest absolute Gasteiger partial charge is 0.256 e. The second-order valence-electron chi connectivity index (χ2n) is 5.74. The molecule has 6 heteroatoms. The van der Waals surface area contributed by atoms with Crippen molar-refractivity contribution in [2.75, 3.05) is 10.6 Å². The van der Waals surface area contributed by atoms with Crippen LogP contribution in [0.15, 0.2) is 36.4 Å². The highest BCUT2D eigenvalue weighted by Crippen LogP contribution is 2.20. The highest BCUT2D eigenvalue weighted by atomic mass is 19.1. The van der Waals surface area contributed by atoms with E-state index in [1.54, 1.807) is 6.07 Å². The van der Waals surface area contributed by atoms with Crippen LogP contribution in [0, 0.1) is 5.82 Å². The number of nitrogens with one attached hydrogen (secondary N) is 2. The Morgan fingerprint density at radius 2 is 1.61 bits per heavy atom. The fourth-order valence-electron chi connectivity index (χ4n) is 2.72. The third kappa shape index (κ3) is 4.25. The molecule has 1 heterocycles. The molecule has 2 N–H and O–H groups in total. The van der Waals surface area contributed by atoms with E-state index in [4.69, 9.17) is 0 Å². The SMILES string of the molecule is O=C(Nc1ccc(NC2CCCCC2)nn1)c1ccc(F)cc1. The van der Waals surface area contributed by atoms with Gasteiger partial charge in [0.25, 0.3) is 5.91 Å². The van der Waals surface area contributed by atoms with Crippen molar-refractivity contribution in [3.8, 4) is 0 Å². The standard InChI is InChI=1S/C17H19FN4O/c18-13-8-6-12(7-9-13)17(23)20-16-11-10-15(21-22-16)19-14-4-2-1-3-5-14/h6-11,14H,1-5H2,(H,19,21)(H,20,22,23). The summed E-state index contributed by atoms with van der Waals surface area (Å²) in [6, 6.07) is 9.32. The molecule has 3 rings (SSSR count). The quantitative estimate of drug-likeness (QED) is 0.904. The van der Waals surface area contributed by atoms with Crippen LogP contribution in [0.1, 0.15) is 42.5 Å². The Bertz CT molecular complexity index is 651. The van der Waals surface area contributed by atoms with Gasteiger partial charge in [0, 0.05) is 11.6 Å².